The van der Waals surface area contributed by atoms with Crippen LogP contribution in [0.3, 0.4) is 0 Å². The largest absolute Gasteiger partial charge is 0.333 e. The van der Waals surface area contributed by atoms with Gasteiger partial charge in [-0.1, -0.05) is 6.92 Å². The maximum Gasteiger partial charge on any atom is 0.246 e. The molecular weight excluding hydrogens is 402 g/mol. The van der Waals surface area contributed by atoms with Gasteiger partial charge in [-0.25, -0.2) is 0 Å². The van der Waals surface area contributed by atoms with Gasteiger partial charge in [0.25, 0.3) is 0 Å². The van der Waals surface area contributed by atoms with Crippen LogP contribution in [0.25, 0.3) is 0 Å². The number of amides is 2. The minimum absolute atomic E-state index is 0. The molecule has 1 N–H and O–H groups in total. The Morgan fingerprint density at radius 2 is 2.15 bits per heavy atom. The number of halogens is 1. The number of thiophene rings is 1. The summed E-state index contributed by atoms with van der Waals surface area (Å²) in [6, 6.07) is 2.16. The molecule has 4 rings (SSSR count). The average Bonchev–Trinajstić information content (AvgIpc) is 3.08. The molecule has 1 aliphatic carbocycles. The molecule has 2 atom stereocenters. The van der Waals surface area contributed by atoms with Gasteiger partial charge < -0.3 is 15.1 Å². The summed E-state index contributed by atoms with van der Waals surface area (Å²) in [4.78, 5) is 29.7. The normalized spacial score (nSPS) is 25.9. The zero-order chi connectivity index (χ0) is 18.1. The summed E-state index contributed by atoms with van der Waals surface area (Å²) in [5, 5.41) is 7.65. The first-order chi connectivity index (χ1) is 12.6. The van der Waals surface area contributed by atoms with Crippen LogP contribution in [0.5, 0.6) is 0 Å². The number of rotatable bonds is 5. The van der Waals surface area contributed by atoms with Crippen LogP contribution in [0.1, 0.15) is 38.2 Å². The van der Waals surface area contributed by atoms with E-state index in [4.69, 9.17) is 0 Å². The second-order valence-electron chi connectivity index (χ2n) is 7.66. The molecule has 1 spiro atoms. The Morgan fingerprint density at radius 1 is 1.37 bits per heavy atom. The van der Waals surface area contributed by atoms with Crippen LogP contribution in [0.2, 0.25) is 0 Å². The van der Waals surface area contributed by atoms with Crippen molar-refractivity contribution >= 4 is 47.3 Å². The van der Waals surface area contributed by atoms with E-state index in [1.165, 1.54) is 5.56 Å². The highest BCUT2D eigenvalue weighted by Crippen LogP contribution is 2.56. The van der Waals surface area contributed by atoms with E-state index >= 15 is 0 Å². The summed E-state index contributed by atoms with van der Waals surface area (Å²) < 4.78 is 0. The number of piperidine rings is 1. The Labute approximate surface area is 175 Å². The lowest BCUT2D eigenvalue weighted by molar-refractivity contribution is -0.144. The molecule has 3 fully saturated rings. The first-order valence-electron chi connectivity index (χ1n) is 9.54. The molecule has 1 aromatic rings. The maximum atomic E-state index is 13.5. The maximum absolute atomic E-state index is 13.5. The fourth-order valence-electron chi connectivity index (χ4n) is 4.44. The molecule has 0 radical (unpaired) electrons. The van der Waals surface area contributed by atoms with Crippen molar-refractivity contribution in [1.82, 2.24) is 15.1 Å². The van der Waals surface area contributed by atoms with Gasteiger partial charge in [0.05, 0.1) is 5.88 Å². The number of nitrogens with one attached hydrogen (secondary N) is 1. The molecule has 150 valence electrons. The first kappa shape index (κ1) is 21.0. The zero-order valence-corrected chi connectivity index (χ0v) is 18.1. The minimum atomic E-state index is -0.287. The standard InChI is InChI=1S/C19H27N3O2S2.ClH/c1-2-17(23)22-13-26-12-15(22)18(24)21(10-14-3-8-25-11-14)16-9-19(16)4-6-20-7-5-19;/h3,8,11,15-16,20H,2,4-7,9-10,12-13H2,1H3;1H. The Morgan fingerprint density at radius 3 is 2.81 bits per heavy atom. The van der Waals surface area contributed by atoms with Gasteiger partial charge in [-0.15, -0.1) is 24.2 Å². The van der Waals surface area contributed by atoms with Gasteiger partial charge in [0.1, 0.15) is 6.04 Å². The smallest absolute Gasteiger partial charge is 0.246 e. The van der Waals surface area contributed by atoms with Crippen LogP contribution in [0, 0.1) is 5.41 Å². The van der Waals surface area contributed by atoms with Crippen LogP contribution in [-0.4, -0.2) is 58.4 Å². The Kier molecular flexibility index (Phi) is 6.77. The minimum Gasteiger partial charge on any atom is -0.333 e. The van der Waals surface area contributed by atoms with Crippen molar-refractivity contribution in [3.63, 3.8) is 0 Å². The van der Waals surface area contributed by atoms with E-state index in [1.54, 1.807) is 28.0 Å². The molecule has 27 heavy (non-hydrogen) atoms. The molecule has 3 heterocycles. The fraction of sp³-hybridized carbons (Fsp3) is 0.684. The van der Waals surface area contributed by atoms with E-state index in [2.05, 4.69) is 27.0 Å². The number of hydrogen-bond donors (Lipinski definition) is 1. The van der Waals surface area contributed by atoms with Gasteiger partial charge in [-0.3, -0.25) is 9.59 Å². The third-order valence-corrected chi connectivity index (χ3v) is 7.87. The lowest BCUT2D eigenvalue weighted by Gasteiger charge is -2.33. The predicted molar refractivity (Wildman–Crippen MR) is 113 cm³/mol. The molecule has 2 aliphatic heterocycles. The number of hydrogen-bond acceptors (Lipinski definition) is 5. The van der Waals surface area contributed by atoms with Crippen molar-refractivity contribution in [2.24, 2.45) is 5.41 Å². The van der Waals surface area contributed by atoms with Gasteiger partial charge >= 0.3 is 0 Å². The monoisotopic (exact) mass is 429 g/mol. The highest BCUT2D eigenvalue weighted by Gasteiger charge is 2.58. The highest BCUT2D eigenvalue weighted by molar-refractivity contribution is 7.99. The van der Waals surface area contributed by atoms with Crippen LogP contribution >= 0.6 is 35.5 Å². The highest BCUT2D eigenvalue weighted by atomic mass is 35.5. The van der Waals surface area contributed by atoms with E-state index in [1.807, 2.05) is 6.92 Å². The number of thioether (sulfide) groups is 1. The van der Waals surface area contributed by atoms with Crippen LogP contribution < -0.4 is 5.32 Å². The van der Waals surface area contributed by atoms with Crippen LogP contribution in [-0.2, 0) is 16.1 Å². The van der Waals surface area contributed by atoms with Crippen molar-refractivity contribution in [3.05, 3.63) is 22.4 Å². The second kappa shape index (κ2) is 8.72. The summed E-state index contributed by atoms with van der Waals surface area (Å²) in [7, 11) is 0. The van der Waals surface area contributed by atoms with E-state index in [0.717, 1.165) is 38.1 Å². The average molecular weight is 430 g/mol. The van der Waals surface area contributed by atoms with Gasteiger partial charge in [-0.2, -0.15) is 11.3 Å². The number of nitrogens with zero attached hydrogens (tertiary/aromatic N) is 2. The SMILES string of the molecule is CCC(=O)N1CSCC1C(=O)N(Cc1ccsc1)C1CC12CCNCC2.Cl. The predicted octanol–water partition coefficient (Wildman–Crippen LogP) is 2.95. The lowest BCUT2D eigenvalue weighted by Crippen LogP contribution is -2.50. The summed E-state index contributed by atoms with van der Waals surface area (Å²) >= 11 is 3.37. The van der Waals surface area contributed by atoms with Gasteiger partial charge in [0.15, 0.2) is 0 Å². The van der Waals surface area contributed by atoms with E-state index < -0.39 is 0 Å². The Hall–Kier alpha value is -0.760. The number of carbonyl (C=O) groups is 2. The van der Waals surface area contributed by atoms with E-state index in [9.17, 15) is 9.59 Å². The van der Waals surface area contributed by atoms with Crippen molar-refractivity contribution in [3.8, 4) is 0 Å². The summed E-state index contributed by atoms with van der Waals surface area (Å²) in [5.41, 5.74) is 1.51. The van der Waals surface area contributed by atoms with Gasteiger partial charge in [0, 0.05) is 24.8 Å². The zero-order valence-electron chi connectivity index (χ0n) is 15.7. The summed E-state index contributed by atoms with van der Waals surface area (Å²) in [6.07, 6.45) is 3.89. The molecule has 2 amide bonds. The lowest BCUT2D eigenvalue weighted by atomic mass is 9.93. The third-order valence-electron chi connectivity index (χ3n) is 6.13. The molecule has 3 aliphatic rings. The van der Waals surface area contributed by atoms with Gasteiger partial charge in [-0.05, 0) is 60.2 Å². The molecule has 0 aromatic carbocycles. The molecular formula is C19H28ClN3O2S2. The van der Waals surface area contributed by atoms with Crippen molar-refractivity contribution in [2.45, 2.75) is 51.2 Å². The molecule has 1 saturated carbocycles. The molecule has 2 unspecified atom stereocenters. The molecule has 2 saturated heterocycles. The Balaban J connectivity index is 0.00000210. The molecule has 0 bridgehead atoms. The fourth-order valence-corrected chi connectivity index (χ4v) is 6.27. The topological polar surface area (TPSA) is 52.7 Å². The number of carbonyl (C=O) groups excluding carboxylic acids is 2. The molecule has 1 aromatic heterocycles. The van der Waals surface area contributed by atoms with Crippen LogP contribution in [0.4, 0.5) is 0 Å². The van der Waals surface area contributed by atoms with E-state index in [-0.39, 0.29) is 30.3 Å². The van der Waals surface area contributed by atoms with Crippen molar-refractivity contribution < 1.29 is 9.59 Å². The third kappa shape index (κ3) is 4.16. The molecule has 5 nitrogen and oxygen atoms in total. The Bertz CT molecular complexity index is 664. The quantitative estimate of drug-likeness (QED) is 0.781. The van der Waals surface area contributed by atoms with Crippen molar-refractivity contribution in [2.75, 3.05) is 24.7 Å². The van der Waals surface area contributed by atoms with Gasteiger partial charge in [0.2, 0.25) is 11.8 Å². The first-order valence-corrected chi connectivity index (χ1v) is 11.6. The summed E-state index contributed by atoms with van der Waals surface area (Å²) in [6.45, 7) is 4.66. The van der Waals surface area contributed by atoms with Crippen LogP contribution in [0.15, 0.2) is 16.8 Å². The van der Waals surface area contributed by atoms with Crippen molar-refractivity contribution in [1.29, 1.82) is 0 Å². The molecule has 8 heteroatoms. The summed E-state index contributed by atoms with van der Waals surface area (Å²) in [5.74, 6) is 1.63. The second-order valence-corrected chi connectivity index (χ2v) is 9.44. The van der Waals surface area contributed by atoms with E-state index in [0.29, 0.717) is 30.3 Å².